The third-order valence-electron chi connectivity index (χ3n) is 4.22. The number of para-hydroxylation sites is 1. The molecule has 0 aliphatic heterocycles. The van der Waals surface area contributed by atoms with E-state index in [1.54, 1.807) is 18.2 Å². The predicted octanol–water partition coefficient (Wildman–Crippen LogP) is 4.19. The quantitative estimate of drug-likeness (QED) is 0.505. The molecule has 170 valence electrons. The van der Waals surface area contributed by atoms with E-state index in [4.69, 9.17) is 9.47 Å². The molecule has 0 spiro atoms. The van der Waals surface area contributed by atoms with Crippen LogP contribution in [0.3, 0.4) is 0 Å². The summed E-state index contributed by atoms with van der Waals surface area (Å²) >= 11 is 1.04. The molecule has 0 fully saturated rings. The number of halogens is 3. The average molecular weight is 478 g/mol. The Balaban J connectivity index is 2.12. The zero-order chi connectivity index (χ0) is 23.2. The molecule has 0 bridgehead atoms. The van der Waals surface area contributed by atoms with Crippen LogP contribution < -0.4 is 9.47 Å². The molecule has 0 saturated heterocycles. The van der Waals surface area contributed by atoms with Gasteiger partial charge in [0, 0.05) is 22.6 Å². The number of alkyl halides is 3. The number of carbonyl (C=O) groups is 1. The second-order valence-corrected chi connectivity index (χ2v) is 9.52. The van der Waals surface area contributed by atoms with Crippen molar-refractivity contribution in [2.24, 2.45) is 0 Å². The van der Waals surface area contributed by atoms with Crippen molar-refractivity contribution in [2.75, 3.05) is 26.2 Å². The Hall–Kier alpha value is -2.40. The topological polar surface area (TPSA) is 72.9 Å². The summed E-state index contributed by atoms with van der Waals surface area (Å²) in [6.07, 6.45) is -3.73. The Morgan fingerprint density at radius 1 is 1.10 bits per heavy atom. The fourth-order valence-electron chi connectivity index (χ4n) is 2.77. The number of sulfonamides is 1. The fourth-order valence-corrected chi connectivity index (χ4v) is 4.50. The highest BCUT2D eigenvalue weighted by atomic mass is 32.2. The lowest BCUT2D eigenvalue weighted by molar-refractivity contribution is -0.137. The van der Waals surface area contributed by atoms with Crippen molar-refractivity contribution >= 4 is 27.7 Å². The zero-order valence-electron chi connectivity index (χ0n) is 17.1. The van der Waals surface area contributed by atoms with Crippen LogP contribution in [-0.4, -0.2) is 44.9 Å². The van der Waals surface area contributed by atoms with Crippen LogP contribution in [0.25, 0.3) is 0 Å². The molecule has 0 N–H and O–H groups in total. The number of methoxy groups -OCH3 is 2. The van der Waals surface area contributed by atoms with Gasteiger partial charge in [-0.15, -0.1) is 11.8 Å². The Morgan fingerprint density at radius 2 is 1.77 bits per heavy atom. The maximum atomic E-state index is 12.8. The first-order valence-electron chi connectivity index (χ1n) is 8.98. The predicted molar refractivity (Wildman–Crippen MR) is 112 cm³/mol. The molecule has 11 heteroatoms. The maximum Gasteiger partial charge on any atom is 0.416 e. The number of amides is 1. The molecule has 0 saturated carbocycles. The van der Waals surface area contributed by atoms with E-state index in [1.807, 2.05) is 0 Å². The van der Waals surface area contributed by atoms with Gasteiger partial charge in [-0.3, -0.25) is 4.79 Å². The lowest BCUT2D eigenvalue weighted by atomic mass is 10.2. The average Bonchev–Trinajstić information content (AvgIpc) is 2.70. The molecule has 2 aromatic carbocycles. The molecule has 1 amide bonds. The zero-order valence-corrected chi connectivity index (χ0v) is 18.7. The number of thioether (sulfide) groups is 1. The Labute approximate surface area is 183 Å². The summed E-state index contributed by atoms with van der Waals surface area (Å²) in [4.78, 5) is 13.0. The van der Waals surface area contributed by atoms with E-state index < -0.39 is 27.7 Å². The van der Waals surface area contributed by atoms with Crippen LogP contribution in [-0.2, 0) is 27.5 Å². The molecule has 0 radical (unpaired) electrons. The lowest BCUT2D eigenvalue weighted by Gasteiger charge is -2.22. The van der Waals surface area contributed by atoms with Crippen LogP contribution in [0.15, 0.2) is 47.4 Å². The van der Waals surface area contributed by atoms with Gasteiger partial charge in [-0.05, 0) is 24.3 Å². The number of carbonyl (C=O) groups excluding carboxylic acids is 1. The van der Waals surface area contributed by atoms with Crippen LogP contribution in [0.1, 0.15) is 17.5 Å². The number of benzene rings is 2. The van der Waals surface area contributed by atoms with E-state index in [9.17, 15) is 26.4 Å². The smallest absolute Gasteiger partial charge is 0.416 e. The summed E-state index contributed by atoms with van der Waals surface area (Å²) in [5.74, 6) is 0.138. The van der Waals surface area contributed by atoms with Crippen molar-refractivity contribution in [3.05, 3.63) is 53.6 Å². The van der Waals surface area contributed by atoms with E-state index in [1.165, 1.54) is 26.4 Å². The largest absolute Gasteiger partial charge is 0.493 e. The molecule has 0 aliphatic rings. The van der Waals surface area contributed by atoms with Gasteiger partial charge in [0.1, 0.15) is 0 Å². The standard InChI is InChI=1S/C20H22F3NO5S2/c1-28-17-9-4-6-14(19(17)29-2)13-24(31(3,26)27)18(25)10-11-30-16-8-5-7-15(12-16)20(21,22)23/h4-9,12H,10-11,13H2,1-3H3. The first kappa shape index (κ1) is 24.9. The van der Waals surface area contributed by atoms with Gasteiger partial charge >= 0.3 is 6.18 Å². The first-order chi connectivity index (χ1) is 14.5. The van der Waals surface area contributed by atoms with Crippen molar-refractivity contribution in [3.8, 4) is 11.5 Å². The fraction of sp³-hybridized carbons (Fsp3) is 0.350. The van der Waals surface area contributed by atoms with Gasteiger partial charge in [-0.2, -0.15) is 13.2 Å². The van der Waals surface area contributed by atoms with Crippen LogP contribution in [0.2, 0.25) is 0 Å². The molecule has 6 nitrogen and oxygen atoms in total. The van der Waals surface area contributed by atoms with Gasteiger partial charge in [0.05, 0.1) is 32.6 Å². The second-order valence-electron chi connectivity index (χ2n) is 6.44. The van der Waals surface area contributed by atoms with E-state index in [0.717, 1.165) is 34.5 Å². The van der Waals surface area contributed by atoms with Gasteiger partial charge in [0.15, 0.2) is 11.5 Å². The molecule has 0 aromatic heterocycles. The molecule has 0 unspecified atom stereocenters. The minimum Gasteiger partial charge on any atom is -0.493 e. The Bertz CT molecular complexity index is 1030. The van der Waals surface area contributed by atoms with Crippen molar-refractivity contribution in [1.29, 1.82) is 0 Å². The van der Waals surface area contributed by atoms with Gasteiger partial charge in [0.2, 0.25) is 15.9 Å². The number of ether oxygens (including phenoxy) is 2. The van der Waals surface area contributed by atoms with Crippen LogP contribution >= 0.6 is 11.8 Å². The van der Waals surface area contributed by atoms with E-state index in [0.29, 0.717) is 22.0 Å². The van der Waals surface area contributed by atoms with Crippen molar-refractivity contribution in [2.45, 2.75) is 24.0 Å². The highest BCUT2D eigenvalue weighted by Gasteiger charge is 2.30. The highest BCUT2D eigenvalue weighted by Crippen LogP contribution is 2.33. The van der Waals surface area contributed by atoms with E-state index in [2.05, 4.69) is 0 Å². The molecular formula is C20H22F3NO5S2. The van der Waals surface area contributed by atoms with Crippen LogP contribution in [0, 0.1) is 0 Å². The molecule has 0 heterocycles. The lowest BCUT2D eigenvalue weighted by Crippen LogP contribution is -2.35. The maximum absolute atomic E-state index is 12.8. The summed E-state index contributed by atoms with van der Waals surface area (Å²) in [7, 11) is -1.06. The normalized spacial score (nSPS) is 11.8. The van der Waals surface area contributed by atoms with Gasteiger partial charge in [0.25, 0.3) is 0 Å². The number of hydrogen-bond donors (Lipinski definition) is 0. The van der Waals surface area contributed by atoms with E-state index >= 15 is 0 Å². The highest BCUT2D eigenvalue weighted by molar-refractivity contribution is 7.99. The van der Waals surface area contributed by atoms with Crippen molar-refractivity contribution in [1.82, 2.24) is 4.31 Å². The molecule has 31 heavy (non-hydrogen) atoms. The number of nitrogens with zero attached hydrogens (tertiary/aromatic N) is 1. The molecule has 0 aliphatic carbocycles. The molecule has 2 rings (SSSR count). The second kappa shape index (κ2) is 10.3. The molecule has 2 aromatic rings. The summed E-state index contributed by atoms with van der Waals surface area (Å²) in [5, 5.41) is 0. The van der Waals surface area contributed by atoms with Crippen molar-refractivity contribution < 1.29 is 35.9 Å². The van der Waals surface area contributed by atoms with Gasteiger partial charge < -0.3 is 9.47 Å². The number of rotatable bonds is 9. The third-order valence-corrected chi connectivity index (χ3v) is 6.35. The first-order valence-corrected chi connectivity index (χ1v) is 11.8. The minimum absolute atomic E-state index is 0.113. The summed E-state index contributed by atoms with van der Waals surface area (Å²) in [6, 6.07) is 9.63. The molecule has 0 atom stereocenters. The van der Waals surface area contributed by atoms with Gasteiger partial charge in [-0.1, -0.05) is 18.2 Å². The Kier molecular flexibility index (Phi) is 8.24. The van der Waals surface area contributed by atoms with Crippen LogP contribution in [0.4, 0.5) is 13.2 Å². The SMILES string of the molecule is COc1cccc(CN(C(=O)CCSc2cccc(C(F)(F)F)c2)S(C)(=O)=O)c1OC. The minimum atomic E-state index is -4.46. The summed E-state index contributed by atoms with van der Waals surface area (Å²) in [6.45, 7) is -0.258. The third kappa shape index (κ3) is 6.79. The Morgan fingerprint density at radius 3 is 2.35 bits per heavy atom. The molecular weight excluding hydrogens is 455 g/mol. The van der Waals surface area contributed by atoms with Crippen LogP contribution in [0.5, 0.6) is 11.5 Å². The monoisotopic (exact) mass is 477 g/mol. The number of hydrogen-bond acceptors (Lipinski definition) is 6. The summed E-state index contributed by atoms with van der Waals surface area (Å²) in [5.41, 5.74) is -0.349. The van der Waals surface area contributed by atoms with Crippen molar-refractivity contribution in [3.63, 3.8) is 0 Å². The van der Waals surface area contributed by atoms with E-state index in [-0.39, 0.29) is 18.7 Å². The van der Waals surface area contributed by atoms with Gasteiger partial charge in [-0.25, -0.2) is 12.7 Å². The summed E-state index contributed by atoms with van der Waals surface area (Å²) < 4.78 is 74.1.